The molecule has 15 heteroatoms. The second-order valence-electron chi connectivity index (χ2n) is 7.82. The average Bonchev–Trinajstić information content (AvgIpc) is 3.53. The predicted molar refractivity (Wildman–Crippen MR) is 120 cm³/mol. The third-order valence-corrected chi connectivity index (χ3v) is 8.31. The molecule has 33 heavy (non-hydrogen) atoms. The average molecular weight is 494 g/mol. The minimum Gasteiger partial charge on any atom is -0.360 e. The molecule has 1 atom stereocenters. The summed E-state index contributed by atoms with van der Waals surface area (Å²) >= 11 is 0. The molecular formula is C18H23N9O4S2. The molecule has 0 radical (unpaired) electrons. The van der Waals surface area contributed by atoms with Crippen molar-refractivity contribution in [2.24, 2.45) is 5.14 Å². The Labute approximate surface area is 189 Å². The fraction of sp³-hybridized carbons (Fsp3) is 0.278. The first kappa shape index (κ1) is 22.3. The van der Waals surface area contributed by atoms with E-state index in [4.69, 9.17) is 5.14 Å². The first-order chi connectivity index (χ1) is 15.7. The monoisotopic (exact) mass is 493 g/mol. The van der Waals surface area contributed by atoms with Gasteiger partial charge in [-0.1, -0.05) is 6.07 Å². The topological polar surface area (TPSA) is 195 Å². The van der Waals surface area contributed by atoms with Crippen LogP contribution in [0.2, 0.25) is 0 Å². The Balaban J connectivity index is 1.74. The van der Waals surface area contributed by atoms with Crippen molar-refractivity contribution in [3.8, 4) is 11.1 Å². The molecule has 0 bridgehead atoms. The summed E-state index contributed by atoms with van der Waals surface area (Å²) in [4.78, 5) is 6.55. The van der Waals surface area contributed by atoms with Gasteiger partial charge in [-0.05, 0) is 36.7 Å². The van der Waals surface area contributed by atoms with Gasteiger partial charge in [-0.25, -0.2) is 37.5 Å². The lowest BCUT2D eigenvalue weighted by atomic mass is 9.99. The van der Waals surface area contributed by atoms with Crippen LogP contribution in [0.3, 0.4) is 0 Å². The molecule has 0 amide bonds. The molecule has 0 spiro atoms. The van der Waals surface area contributed by atoms with Gasteiger partial charge in [0.1, 0.15) is 16.0 Å². The van der Waals surface area contributed by atoms with E-state index in [0.29, 0.717) is 30.6 Å². The van der Waals surface area contributed by atoms with Crippen LogP contribution in [0.1, 0.15) is 18.2 Å². The van der Waals surface area contributed by atoms with E-state index in [1.165, 1.54) is 6.07 Å². The fourth-order valence-corrected chi connectivity index (χ4v) is 7.07. The molecule has 2 aliphatic rings. The van der Waals surface area contributed by atoms with Gasteiger partial charge in [0.25, 0.3) is 0 Å². The Morgan fingerprint density at radius 3 is 2.58 bits per heavy atom. The molecule has 0 saturated carbocycles. The van der Waals surface area contributed by atoms with Crippen molar-refractivity contribution >= 4 is 31.1 Å². The molecular weight excluding hydrogens is 470 g/mol. The zero-order valence-electron chi connectivity index (χ0n) is 17.2. The Morgan fingerprint density at radius 2 is 1.88 bits per heavy atom. The number of aromatic nitrogens is 2. The number of nitrogens with zero attached hydrogens (tertiary/aromatic N) is 1. The van der Waals surface area contributed by atoms with Crippen LogP contribution in [0.25, 0.3) is 22.2 Å². The van der Waals surface area contributed by atoms with Gasteiger partial charge in [0.05, 0.1) is 11.0 Å². The summed E-state index contributed by atoms with van der Waals surface area (Å²) in [7, 11) is -8.68. The number of pyridine rings is 1. The number of nitrogens with one attached hydrogen (secondary N) is 7. The molecule has 2 aliphatic heterocycles. The van der Waals surface area contributed by atoms with E-state index >= 15 is 0 Å². The number of H-pyrrole nitrogens is 1. The molecule has 1 aromatic carbocycles. The Morgan fingerprint density at radius 1 is 1.09 bits per heavy atom. The lowest BCUT2D eigenvalue weighted by Gasteiger charge is -2.22. The molecule has 2 fully saturated rings. The number of hydrazine groups is 3. The molecule has 0 unspecified atom stereocenters. The van der Waals surface area contributed by atoms with Crippen LogP contribution >= 0.6 is 0 Å². The number of aromatic amines is 1. The highest BCUT2D eigenvalue weighted by atomic mass is 32.2. The van der Waals surface area contributed by atoms with Gasteiger partial charge < -0.3 is 10.3 Å². The van der Waals surface area contributed by atoms with Gasteiger partial charge in [-0.15, -0.1) is 0 Å². The van der Waals surface area contributed by atoms with E-state index in [1.807, 2.05) is 6.07 Å². The lowest BCUT2D eigenvalue weighted by Crippen LogP contribution is -2.38. The Bertz CT molecular complexity index is 1410. The number of sulfonamides is 2. The highest BCUT2D eigenvalue weighted by Gasteiger charge is 2.35. The largest absolute Gasteiger partial charge is 0.360 e. The molecule has 0 aliphatic carbocycles. The van der Waals surface area contributed by atoms with Crippen molar-refractivity contribution in [1.82, 2.24) is 41.9 Å². The summed E-state index contributed by atoms with van der Waals surface area (Å²) in [5.41, 5.74) is 13.6. The van der Waals surface area contributed by atoms with Crippen LogP contribution in [0.5, 0.6) is 0 Å². The standard InChI is InChI=1S/C18H23N9O4S2/c19-32(28,29)17-15(33(30,31)25-11-3-5-20-9-11)2-1-12(16(17)18-23-26-27-24-18)10-7-14-13(22-8-10)4-6-21-14/h1-2,4,6-8,11,18,20-21,23-27H,3,5,9H2,(H2,19,28,29)/t11-/m1/s1. The van der Waals surface area contributed by atoms with Crippen molar-refractivity contribution in [3.63, 3.8) is 0 Å². The maximum atomic E-state index is 13.3. The third kappa shape index (κ3) is 4.25. The van der Waals surface area contributed by atoms with Gasteiger partial charge in [0.15, 0.2) is 0 Å². The molecule has 9 N–H and O–H groups in total. The van der Waals surface area contributed by atoms with Crippen LogP contribution in [0.15, 0.2) is 46.5 Å². The first-order valence-corrected chi connectivity index (χ1v) is 13.1. The van der Waals surface area contributed by atoms with Gasteiger partial charge in [0, 0.05) is 36.1 Å². The Hall–Kier alpha value is -2.47. The minimum absolute atomic E-state index is 0.134. The van der Waals surface area contributed by atoms with Crippen molar-refractivity contribution in [2.45, 2.75) is 28.4 Å². The van der Waals surface area contributed by atoms with Gasteiger partial charge in [0.2, 0.25) is 20.0 Å². The summed E-state index contributed by atoms with van der Waals surface area (Å²) in [6.45, 7) is 1.12. The van der Waals surface area contributed by atoms with Crippen molar-refractivity contribution < 1.29 is 16.8 Å². The summed E-state index contributed by atoms with van der Waals surface area (Å²) in [5.74, 6) is 0. The summed E-state index contributed by atoms with van der Waals surface area (Å²) in [6.07, 6.45) is 3.10. The molecule has 3 aromatic rings. The van der Waals surface area contributed by atoms with E-state index in [-0.39, 0.29) is 11.6 Å². The van der Waals surface area contributed by atoms with E-state index in [1.54, 1.807) is 24.5 Å². The summed E-state index contributed by atoms with van der Waals surface area (Å²) in [6, 6.07) is 6.08. The number of primary sulfonamides is 1. The molecule has 176 valence electrons. The van der Waals surface area contributed by atoms with Gasteiger partial charge in [-0.3, -0.25) is 4.98 Å². The second-order valence-corrected chi connectivity index (χ2v) is 11.0. The number of hydrogen-bond donors (Lipinski definition) is 8. The van der Waals surface area contributed by atoms with Gasteiger partial charge in [-0.2, -0.15) is 11.1 Å². The molecule has 5 rings (SSSR count). The Kier molecular flexibility index (Phi) is 5.68. The van der Waals surface area contributed by atoms with E-state index < -0.39 is 36.0 Å². The highest BCUT2D eigenvalue weighted by molar-refractivity contribution is 7.92. The minimum atomic E-state index is -4.48. The maximum Gasteiger partial charge on any atom is 0.242 e. The number of rotatable bonds is 6. The van der Waals surface area contributed by atoms with E-state index in [0.717, 1.165) is 11.0 Å². The number of nitrogens with two attached hydrogens (primary N) is 1. The highest BCUT2D eigenvalue weighted by Crippen LogP contribution is 2.37. The molecule has 2 saturated heterocycles. The number of benzene rings is 1. The number of fused-ring (bicyclic) bond motifs is 1. The molecule has 2 aromatic heterocycles. The van der Waals surface area contributed by atoms with Crippen LogP contribution in [-0.4, -0.2) is 45.9 Å². The normalized spacial score (nSPS) is 20.1. The fourth-order valence-electron chi connectivity index (χ4n) is 4.14. The SMILES string of the molecule is NS(=O)(=O)c1c(S(=O)(=O)N[C@@H]2CCNC2)ccc(-c2cnc3cc[nH]c3c2)c1C1NNNN1. The molecule has 13 nitrogen and oxygen atoms in total. The summed E-state index contributed by atoms with van der Waals surface area (Å²) < 4.78 is 54.8. The van der Waals surface area contributed by atoms with Crippen LogP contribution in [0.4, 0.5) is 0 Å². The van der Waals surface area contributed by atoms with Crippen LogP contribution < -0.4 is 37.1 Å². The van der Waals surface area contributed by atoms with Crippen LogP contribution in [-0.2, 0) is 20.0 Å². The van der Waals surface area contributed by atoms with Crippen molar-refractivity contribution in [3.05, 3.63) is 42.2 Å². The maximum absolute atomic E-state index is 13.3. The predicted octanol–water partition coefficient (Wildman–Crippen LogP) is -1.37. The quantitative estimate of drug-likeness (QED) is 0.203. The van der Waals surface area contributed by atoms with Crippen molar-refractivity contribution in [1.29, 1.82) is 0 Å². The lowest BCUT2D eigenvalue weighted by molar-refractivity contribution is 0.530. The number of hydrogen-bond acceptors (Lipinski definition) is 10. The van der Waals surface area contributed by atoms with E-state index in [9.17, 15) is 16.8 Å². The van der Waals surface area contributed by atoms with E-state index in [2.05, 4.69) is 41.9 Å². The molecule has 4 heterocycles. The smallest absolute Gasteiger partial charge is 0.242 e. The third-order valence-electron chi connectivity index (χ3n) is 5.61. The zero-order chi connectivity index (χ0) is 23.2. The van der Waals surface area contributed by atoms with Crippen LogP contribution in [0, 0.1) is 0 Å². The first-order valence-electron chi connectivity index (χ1n) is 10.1. The summed E-state index contributed by atoms with van der Waals surface area (Å²) in [5, 5.41) is 8.68. The zero-order valence-corrected chi connectivity index (χ0v) is 18.8. The second kappa shape index (κ2) is 8.39. The van der Waals surface area contributed by atoms with Gasteiger partial charge >= 0.3 is 0 Å². The van der Waals surface area contributed by atoms with Crippen molar-refractivity contribution in [2.75, 3.05) is 13.1 Å².